The summed E-state index contributed by atoms with van der Waals surface area (Å²) >= 11 is 0. The molecule has 0 spiro atoms. The van der Waals surface area contributed by atoms with Gasteiger partial charge in [0.15, 0.2) is 5.54 Å². The highest BCUT2D eigenvalue weighted by Gasteiger charge is 2.42. The van der Waals surface area contributed by atoms with E-state index in [0.717, 1.165) is 11.1 Å². The first kappa shape index (κ1) is 8.38. The fourth-order valence-corrected chi connectivity index (χ4v) is 1.50. The maximum atomic E-state index is 10.7. The van der Waals surface area contributed by atoms with Gasteiger partial charge in [-0.1, -0.05) is 35.0 Å². The minimum atomic E-state index is -0.605. The maximum absolute atomic E-state index is 10.7. The van der Waals surface area contributed by atoms with Crippen LogP contribution >= 0.6 is 0 Å². The SMILES string of the molecule is Cc1cccc(C2(N=O)COC2)c1. The van der Waals surface area contributed by atoms with Gasteiger partial charge in [-0.25, -0.2) is 0 Å². The van der Waals surface area contributed by atoms with Crippen molar-refractivity contribution in [3.8, 4) is 0 Å². The third-order valence-electron chi connectivity index (χ3n) is 2.41. The number of aryl methyl sites for hydroxylation is 1. The second-order valence-electron chi connectivity index (χ2n) is 3.49. The van der Waals surface area contributed by atoms with E-state index in [1.807, 2.05) is 31.2 Å². The number of ether oxygens (including phenoxy) is 1. The highest BCUT2D eigenvalue weighted by molar-refractivity contribution is 5.31. The smallest absolute Gasteiger partial charge is 0.174 e. The highest BCUT2D eigenvalue weighted by atomic mass is 16.5. The number of hydrogen-bond donors (Lipinski definition) is 0. The molecule has 0 bridgehead atoms. The summed E-state index contributed by atoms with van der Waals surface area (Å²) in [5.41, 5.74) is 1.51. The van der Waals surface area contributed by atoms with Crippen LogP contribution in [0.1, 0.15) is 11.1 Å². The second-order valence-corrected chi connectivity index (χ2v) is 3.49. The molecule has 1 aromatic rings. The van der Waals surface area contributed by atoms with Crippen LogP contribution in [0.3, 0.4) is 0 Å². The van der Waals surface area contributed by atoms with Crippen LogP contribution in [0.25, 0.3) is 0 Å². The molecule has 0 saturated carbocycles. The first-order chi connectivity index (χ1) is 6.27. The van der Waals surface area contributed by atoms with E-state index < -0.39 is 5.54 Å². The van der Waals surface area contributed by atoms with Crippen LogP contribution in [0.2, 0.25) is 0 Å². The molecule has 1 saturated heterocycles. The van der Waals surface area contributed by atoms with Gasteiger partial charge in [0.2, 0.25) is 0 Å². The van der Waals surface area contributed by atoms with Gasteiger partial charge in [0.25, 0.3) is 0 Å². The van der Waals surface area contributed by atoms with E-state index in [1.165, 1.54) is 0 Å². The second kappa shape index (κ2) is 2.92. The normalized spacial score (nSPS) is 19.2. The average Bonchev–Trinajstić information content (AvgIpc) is 2.03. The summed E-state index contributed by atoms with van der Waals surface area (Å²) in [6.07, 6.45) is 0. The summed E-state index contributed by atoms with van der Waals surface area (Å²) in [6, 6.07) is 7.86. The van der Waals surface area contributed by atoms with Gasteiger partial charge in [-0.05, 0) is 12.5 Å². The highest BCUT2D eigenvalue weighted by Crippen LogP contribution is 2.33. The predicted molar refractivity (Wildman–Crippen MR) is 49.5 cm³/mol. The Hall–Kier alpha value is -1.22. The third-order valence-corrected chi connectivity index (χ3v) is 2.41. The van der Waals surface area contributed by atoms with Crippen LogP contribution in [0.5, 0.6) is 0 Å². The monoisotopic (exact) mass is 177 g/mol. The molecule has 1 aliphatic rings. The Balaban J connectivity index is 2.38. The summed E-state index contributed by atoms with van der Waals surface area (Å²) in [6.45, 7) is 2.83. The molecule has 1 aromatic carbocycles. The van der Waals surface area contributed by atoms with Crippen LogP contribution < -0.4 is 0 Å². The quantitative estimate of drug-likeness (QED) is 0.648. The molecule has 3 heteroatoms. The Bertz CT molecular complexity index is 331. The fraction of sp³-hybridized carbons (Fsp3) is 0.400. The van der Waals surface area contributed by atoms with Crippen molar-refractivity contribution in [3.05, 3.63) is 40.3 Å². The molecule has 1 aliphatic heterocycles. The van der Waals surface area contributed by atoms with E-state index >= 15 is 0 Å². The number of nitrogens with zero attached hydrogens (tertiary/aromatic N) is 1. The lowest BCUT2D eigenvalue weighted by molar-refractivity contribution is -0.0562. The van der Waals surface area contributed by atoms with Crippen LogP contribution in [-0.2, 0) is 10.3 Å². The Morgan fingerprint density at radius 3 is 2.69 bits per heavy atom. The zero-order valence-electron chi connectivity index (χ0n) is 7.49. The van der Waals surface area contributed by atoms with Crippen LogP contribution in [-0.4, -0.2) is 13.2 Å². The molecule has 2 rings (SSSR count). The molecule has 0 atom stereocenters. The zero-order valence-corrected chi connectivity index (χ0v) is 7.49. The van der Waals surface area contributed by atoms with Crippen molar-refractivity contribution in [2.75, 3.05) is 13.2 Å². The van der Waals surface area contributed by atoms with E-state index in [0.29, 0.717) is 13.2 Å². The standard InChI is InChI=1S/C10H11NO2/c1-8-3-2-4-9(5-8)10(11-12)6-13-7-10/h2-5H,6-7H2,1H3. The van der Waals surface area contributed by atoms with Gasteiger partial charge >= 0.3 is 0 Å². The van der Waals surface area contributed by atoms with Crippen molar-refractivity contribution in [1.82, 2.24) is 0 Å². The molecule has 0 aromatic heterocycles. The molecule has 0 unspecified atom stereocenters. The van der Waals surface area contributed by atoms with Gasteiger partial charge in [-0.15, -0.1) is 4.91 Å². The Morgan fingerprint density at radius 2 is 2.23 bits per heavy atom. The molecule has 0 aliphatic carbocycles. The van der Waals surface area contributed by atoms with Gasteiger partial charge in [-0.3, -0.25) is 0 Å². The van der Waals surface area contributed by atoms with Gasteiger partial charge in [0.1, 0.15) is 0 Å². The van der Waals surface area contributed by atoms with Crippen molar-refractivity contribution < 1.29 is 4.74 Å². The lowest BCUT2D eigenvalue weighted by Gasteiger charge is -2.35. The van der Waals surface area contributed by atoms with E-state index in [2.05, 4.69) is 5.18 Å². The minimum Gasteiger partial charge on any atom is -0.375 e. The number of rotatable bonds is 2. The van der Waals surface area contributed by atoms with E-state index in [1.54, 1.807) is 0 Å². The van der Waals surface area contributed by atoms with Crippen molar-refractivity contribution in [3.63, 3.8) is 0 Å². The van der Waals surface area contributed by atoms with Gasteiger partial charge < -0.3 is 4.74 Å². The minimum absolute atomic E-state index is 0.417. The molecule has 13 heavy (non-hydrogen) atoms. The molecule has 1 heterocycles. The summed E-state index contributed by atoms with van der Waals surface area (Å²) in [7, 11) is 0. The van der Waals surface area contributed by atoms with Crippen molar-refractivity contribution in [1.29, 1.82) is 0 Å². The van der Waals surface area contributed by atoms with Gasteiger partial charge in [0, 0.05) is 0 Å². The number of nitroso groups, excluding NO2 is 1. The lowest BCUT2D eigenvalue weighted by Crippen LogP contribution is -2.44. The maximum Gasteiger partial charge on any atom is 0.174 e. The first-order valence-corrected chi connectivity index (χ1v) is 4.26. The summed E-state index contributed by atoms with van der Waals surface area (Å²) in [5, 5.41) is 3.16. The lowest BCUT2D eigenvalue weighted by atomic mass is 9.88. The van der Waals surface area contributed by atoms with Crippen LogP contribution in [0.4, 0.5) is 0 Å². The van der Waals surface area contributed by atoms with Crippen LogP contribution in [0.15, 0.2) is 29.4 Å². The molecule has 68 valence electrons. The van der Waals surface area contributed by atoms with Crippen LogP contribution in [0, 0.1) is 11.8 Å². The topological polar surface area (TPSA) is 38.7 Å². The molecule has 0 amide bonds. The summed E-state index contributed by atoms with van der Waals surface area (Å²) < 4.78 is 5.03. The molecular weight excluding hydrogens is 166 g/mol. The van der Waals surface area contributed by atoms with Gasteiger partial charge in [-0.2, -0.15) is 0 Å². The molecule has 0 radical (unpaired) electrons. The molecule has 1 fully saturated rings. The van der Waals surface area contributed by atoms with E-state index in [9.17, 15) is 4.91 Å². The fourth-order valence-electron chi connectivity index (χ4n) is 1.50. The summed E-state index contributed by atoms with van der Waals surface area (Å²) in [5.74, 6) is 0. The Kier molecular flexibility index (Phi) is 1.88. The van der Waals surface area contributed by atoms with Crippen molar-refractivity contribution >= 4 is 0 Å². The third kappa shape index (κ3) is 1.25. The Labute approximate surface area is 76.7 Å². The van der Waals surface area contributed by atoms with E-state index in [4.69, 9.17) is 4.74 Å². The first-order valence-electron chi connectivity index (χ1n) is 4.26. The van der Waals surface area contributed by atoms with Gasteiger partial charge in [0.05, 0.1) is 13.2 Å². The average molecular weight is 177 g/mol. The number of hydrogen-bond acceptors (Lipinski definition) is 3. The van der Waals surface area contributed by atoms with Crippen molar-refractivity contribution in [2.45, 2.75) is 12.5 Å². The molecule has 0 N–H and O–H groups in total. The van der Waals surface area contributed by atoms with E-state index in [-0.39, 0.29) is 0 Å². The molecular formula is C10H11NO2. The van der Waals surface area contributed by atoms with Crippen molar-refractivity contribution in [2.24, 2.45) is 5.18 Å². The zero-order chi connectivity index (χ0) is 9.31. The Morgan fingerprint density at radius 1 is 1.46 bits per heavy atom. The number of benzene rings is 1. The largest absolute Gasteiger partial charge is 0.375 e. The molecule has 3 nitrogen and oxygen atoms in total. The predicted octanol–water partition coefficient (Wildman–Crippen LogP) is 1.99. The summed E-state index contributed by atoms with van der Waals surface area (Å²) in [4.78, 5) is 10.7.